The summed E-state index contributed by atoms with van der Waals surface area (Å²) in [5, 5.41) is 0. The lowest BCUT2D eigenvalue weighted by molar-refractivity contribution is 0.0376. The monoisotopic (exact) mass is 275 g/mol. The van der Waals surface area contributed by atoms with Gasteiger partial charge in [-0.05, 0) is 25.1 Å². The maximum Gasteiger partial charge on any atom is 0.337 e. The Morgan fingerprint density at radius 3 is 2.22 bits per heavy atom. The van der Waals surface area contributed by atoms with Crippen molar-refractivity contribution >= 4 is 8.56 Å². The number of morpholine rings is 1. The van der Waals surface area contributed by atoms with Gasteiger partial charge in [0.25, 0.3) is 0 Å². The third-order valence-corrected chi connectivity index (χ3v) is 7.51. The van der Waals surface area contributed by atoms with Crippen LogP contribution in [-0.2, 0) is 13.6 Å². The van der Waals surface area contributed by atoms with Crippen molar-refractivity contribution in [2.45, 2.75) is 38.3 Å². The molecule has 0 spiro atoms. The fraction of sp³-hybridized carbons (Fsp3) is 1.00. The van der Waals surface area contributed by atoms with Crippen LogP contribution < -0.4 is 0 Å². The summed E-state index contributed by atoms with van der Waals surface area (Å²) >= 11 is 0. The van der Waals surface area contributed by atoms with E-state index in [1.165, 1.54) is 19.3 Å². The first-order valence-electron chi connectivity index (χ1n) is 7.16. The molecule has 0 N–H and O–H groups in total. The molecule has 1 aliphatic rings. The number of ether oxygens (including phenoxy) is 1. The van der Waals surface area contributed by atoms with E-state index in [0.717, 1.165) is 44.9 Å². The number of rotatable bonds is 9. The Bertz CT molecular complexity index is 206. The summed E-state index contributed by atoms with van der Waals surface area (Å²) in [4.78, 5) is 2.48. The minimum absolute atomic E-state index is 0.882. The molecular formula is C13H29NO3Si. The summed E-state index contributed by atoms with van der Waals surface area (Å²) in [6.45, 7) is 7.28. The average Bonchev–Trinajstić information content (AvgIpc) is 2.44. The summed E-state index contributed by atoms with van der Waals surface area (Å²) in [6, 6.07) is 2.23. The highest BCUT2D eigenvalue weighted by Gasteiger charge is 2.34. The van der Waals surface area contributed by atoms with Crippen LogP contribution in [0.2, 0.25) is 12.1 Å². The van der Waals surface area contributed by atoms with Crippen LogP contribution >= 0.6 is 0 Å². The molecule has 4 nitrogen and oxygen atoms in total. The van der Waals surface area contributed by atoms with Crippen LogP contribution in [-0.4, -0.2) is 60.5 Å². The van der Waals surface area contributed by atoms with Gasteiger partial charge in [0.2, 0.25) is 0 Å². The van der Waals surface area contributed by atoms with Crippen LogP contribution in [0.25, 0.3) is 0 Å². The summed E-state index contributed by atoms with van der Waals surface area (Å²) in [6.07, 6.45) is 3.61. The summed E-state index contributed by atoms with van der Waals surface area (Å²) in [5.74, 6) is 0. The quantitative estimate of drug-likeness (QED) is 0.604. The normalized spacial score (nSPS) is 18.2. The second-order valence-corrected chi connectivity index (χ2v) is 8.62. The molecule has 0 unspecified atom stereocenters. The van der Waals surface area contributed by atoms with Gasteiger partial charge < -0.3 is 13.6 Å². The fourth-order valence-corrected chi connectivity index (χ4v) is 5.28. The molecule has 5 heteroatoms. The van der Waals surface area contributed by atoms with E-state index < -0.39 is 8.56 Å². The van der Waals surface area contributed by atoms with Crippen molar-refractivity contribution in [3.05, 3.63) is 0 Å². The van der Waals surface area contributed by atoms with E-state index in [-0.39, 0.29) is 0 Å². The smallest absolute Gasteiger partial charge is 0.337 e. The molecule has 1 aliphatic heterocycles. The van der Waals surface area contributed by atoms with Crippen molar-refractivity contribution in [2.75, 3.05) is 47.1 Å². The van der Waals surface area contributed by atoms with Gasteiger partial charge in [0.1, 0.15) is 0 Å². The predicted octanol–water partition coefficient (Wildman–Crippen LogP) is 2.24. The van der Waals surface area contributed by atoms with E-state index in [4.69, 9.17) is 13.6 Å². The molecule has 1 heterocycles. The molecule has 0 radical (unpaired) electrons. The molecule has 0 saturated carbocycles. The predicted molar refractivity (Wildman–Crippen MR) is 76.2 cm³/mol. The first-order valence-corrected chi connectivity index (χ1v) is 9.40. The van der Waals surface area contributed by atoms with Gasteiger partial charge in [-0.3, -0.25) is 4.90 Å². The Balaban J connectivity index is 2.27. The Labute approximate surface area is 113 Å². The minimum atomic E-state index is -1.91. The van der Waals surface area contributed by atoms with Gasteiger partial charge >= 0.3 is 8.56 Å². The van der Waals surface area contributed by atoms with Crippen molar-refractivity contribution in [3.63, 3.8) is 0 Å². The topological polar surface area (TPSA) is 30.9 Å². The van der Waals surface area contributed by atoms with Crippen molar-refractivity contribution in [3.8, 4) is 0 Å². The molecule has 1 saturated heterocycles. The molecule has 0 aliphatic carbocycles. The maximum atomic E-state index is 5.75. The fourth-order valence-electron chi connectivity index (χ4n) is 2.46. The Kier molecular flexibility index (Phi) is 8.09. The second kappa shape index (κ2) is 9.04. The second-order valence-electron chi connectivity index (χ2n) is 4.98. The Morgan fingerprint density at radius 2 is 1.67 bits per heavy atom. The molecule has 0 atom stereocenters. The van der Waals surface area contributed by atoms with Crippen LogP contribution in [0, 0.1) is 0 Å². The van der Waals surface area contributed by atoms with Crippen LogP contribution in [0.15, 0.2) is 0 Å². The number of hydrogen-bond acceptors (Lipinski definition) is 4. The number of unbranched alkanes of at least 4 members (excludes halogenated alkanes) is 1. The lowest BCUT2D eigenvalue weighted by Crippen LogP contribution is -2.42. The Morgan fingerprint density at radius 1 is 1.06 bits per heavy atom. The molecule has 0 aromatic rings. The zero-order valence-electron chi connectivity index (χ0n) is 12.2. The van der Waals surface area contributed by atoms with Gasteiger partial charge in [-0.25, -0.2) is 0 Å². The molecule has 0 bridgehead atoms. The summed E-state index contributed by atoms with van der Waals surface area (Å²) in [5.41, 5.74) is 0. The highest BCUT2D eigenvalue weighted by molar-refractivity contribution is 6.67. The van der Waals surface area contributed by atoms with Crippen LogP contribution in [0.1, 0.15) is 26.2 Å². The van der Waals surface area contributed by atoms with Gasteiger partial charge in [-0.1, -0.05) is 19.8 Å². The molecule has 0 aromatic heterocycles. The SMILES string of the molecule is CCCC[Si](CCCN1CCOCC1)(OC)OC. The van der Waals surface area contributed by atoms with Crippen molar-refractivity contribution in [1.82, 2.24) is 4.90 Å². The van der Waals surface area contributed by atoms with Gasteiger partial charge in [0.05, 0.1) is 13.2 Å². The highest BCUT2D eigenvalue weighted by Crippen LogP contribution is 2.22. The third-order valence-electron chi connectivity index (χ3n) is 3.79. The van der Waals surface area contributed by atoms with E-state index in [0.29, 0.717) is 0 Å². The average molecular weight is 275 g/mol. The molecule has 0 aromatic carbocycles. The summed E-state index contributed by atoms with van der Waals surface area (Å²) < 4.78 is 16.9. The van der Waals surface area contributed by atoms with Gasteiger partial charge in [-0.2, -0.15) is 0 Å². The van der Waals surface area contributed by atoms with Crippen molar-refractivity contribution < 1.29 is 13.6 Å². The molecule has 0 amide bonds. The molecule has 1 fully saturated rings. The third kappa shape index (κ3) is 5.36. The Hall–Kier alpha value is 0.0569. The summed E-state index contributed by atoms with van der Waals surface area (Å²) in [7, 11) is 1.73. The zero-order valence-corrected chi connectivity index (χ0v) is 13.2. The minimum Gasteiger partial charge on any atom is -0.398 e. The maximum absolute atomic E-state index is 5.75. The highest BCUT2D eigenvalue weighted by atomic mass is 28.4. The zero-order chi connectivity index (χ0) is 13.3. The van der Waals surface area contributed by atoms with Crippen LogP contribution in [0.3, 0.4) is 0 Å². The lowest BCUT2D eigenvalue weighted by Gasteiger charge is -2.30. The number of nitrogens with zero attached hydrogens (tertiary/aromatic N) is 1. The molecular weight excluding hydrogens is 246 g/mol. The largest absolute Gasteiger partial charge is 0.398 e. The van der Waals surface area contributed by atoms with E-state index in [2.05, 4.69) is 11.8 Å². The van der Waals surface area contributed by atoms with E-state index in [1.807, 2.05) is 14.2 Å². The number of hydrogen-bond donors (Lipinski definition) is 0. The molecule has 18 heavy (non-hydrogen) atoms. The first-order chi connectivity index (χ1) is 8.76. The van der Waals surface area contributed by atoms with Gasteiger partial charge in [0.15, 0.2) is 0 Å². The van der Waals surface area contributed by atoms with Gasteiger partial charge in [-0.15, -0.1) is 0 Å². The van der Waals surface area contributed by atoms with Gasteiger partial charge in [0, 0.05) is 27.3 Å². The van der Waals surface area contributed by atoms with Crippen LogP contribution in [0.4, 0.5) is 0 Å². The first kappa shape index (κ1) is 16.1. The molecule has 1 rings (SSSR count). The lowest BCUT2D eigenvalue weighted by atomic mass is 10.3. The van der Waals surface area contributed by atoms with E-state index in [1.54, 1.807) is 0 Å². The molecule has 108 valence electrons. The van der Waals surface area contributed by atoms with E-state index in [9.17, 15) is 0 Å². The van der Waals surface area contributed by atoms with Crippen molar-refractivity contribution in [1.29, 1.82) is 0 Å². The van der Waals surface area contributed by atoms with Crippen LogP contribution in [0.5, 0.6) is 0 Å². The standard InChI is InChI=1S/C13H29NO3Si/c1-4-5-12-18(15-2,16-3)13-6-7-14-8-10-17-11-9-14/h4-13H2,1-3H3. The van der Waals surface area contributed by atoms with E-state index >= 15 is 0 Å². The van der Waals surface area contributed by atoms with Crippen molar-refractivity contribution in [2.24, 2.45) is 0 Å².